The maximum atomic E-state index is 12.6. The Morgan fingerprint density at radius 2 is 1.96 bits per heavy atom. The van der Waals surface area contributed by atoms with E-state index in [0.29, 0.717) is 0 Å². The molecule has 8 heteroatoms. The van der Waals surface area contributed by atoms with Gasteiger partial charge in [-0.2, -0.15) is 13.2 Å². The summed E-state index contributed by atoms with van der Waals surface area (Å²) in [6.45, 7) is -0.240. The molecular formula is C16H14F3NO4. The van der Waals surface area contributed by atoms with Crippen molar-refractivity contribution in [2.75, 3.05) is 6.54 Å². The molecule has 0 fully saturated rings. The van der Waals surface area contributed by atoms with Crippen molar-refractivity contribution in [2.45, 2.75) is 19.2 Å². The fourth-order valence-corrected chi connectivity index (χ4v) is 1.85. The quantitative estimate of drug-likeness (QED) is 0.820. The van der Waals surface area contributed by atoms with E-state index in [-0.39, 0.29) is 30.9 Å². The average Bonchev–Trinajstić information content (AvgIpc) is 3.07. The van der Waals surface area contributed by atoms with Gasteiger partial charge in [0.2, 0.25) is 0 Å². The van der Waals surface area contributed by atoms with Gasteiger partial charge in [0, 0.05) is 6.54 Å². The van der Waals surface area contributed by atoms with Crippen molar-refractivity contribution in [1.82, 2.24) is 5.32 Å². The fourth-order valence-electron chi connectivity index (χ4n) is 1.85. The highest BCUT2D eigenvalue weighted by Gasteiger charge is 2.30. The van der Waals surface area contributed by atoms with E-state index < -0.39 is 23.6 Å². The summed E-state index contributed by atoms with van der Waals surface area (Å²) in [4.78, 5) is 23.1. The molecule has 0 bridgehead atoms. The molecule has 0 radical (unpaired) electrons. The van der Waals surface area contributed by atoms with Crippen LogP contribution in [0.3, 0.4) is 0 Å². The van der Waals surface area contributed by atoms with Crippen LogP contribution in [-0.2, 0) is 22.3 Å². The summed E-state index contributed by atoms with van der Waals surface area (Å²) in [6.07, 6.45) is -3.21. The van der Waals surface area contributed by atoms with Crippen molar-refractivity contribution < 1.29 is 31.9 Å². The van der Waals surface area contributed by atoms with Gasteiger partial charge >= 0.3 is 12.1 Å². The third-order valence-corrected chi connectivity index (χ3v) is 3.01. The van der Waals surface area contributed by atoms with Crippen molar-refractivity contribution in [1.29, 1.82) is 0 Å². The molecule has 0 atom stereocenters. The summed E-state index contributed by atoms with van der Waals surface area (Å²) in [7, 11) is 0. The lowest BCUT2D eigenvalue weighted by Gasteiger charge is -2.09. The SMILES string of the molecule is O=C(CCNC(=O)c1ccco1)OCc1cccc(C(F)(F)F)c1. The summed E-state index contributed by atoms with van der Waals surface area (Å²) < 4.78 is 47.5. The van der Waals surface area contributed by atoms with Crippen LogP contribution in [0, 0.1) is 0 Å². The van der Waals surface area contributed by atoms with E-state index in [4.69, 9.17) is 9.15 Å². The molecule has 1 aromatic heterocycles. The van der Waals surface area contributed by atoms with Gasteiger partial charge in [0.05, 0.1) is 18.2 Å². The van der Waals surface area contributed by atoms with Crippen molar-refractivity contribution in [3.8, 4) is 0 Å². The Balaban J connectivity index is 1.74. The number of halogens is 3. The molecule has 0 aliphatic heterocycles. The number of ether oxygens (including phenoxy) is 1. The number of carbonyl (C=O) groups excluding carboxylic acids is 2. The largest absolute Gasteiger partial charge is 0.461 e. The normalized spacial score (nSPS) is 11.1. The topological polar surface area (TPSA) is 68.5 Å². The monoisotopic (exact) mass is 341 g/mol. The first-order valence-electron chi connectivity index (χ1n) is 7.00. The molecule has 128 valence electrons. The van der Waals surface area contributed by atoms with Gasteiger partial charge in [0.1, 0.15) is 6.61 Å². The number of rotatable bonds is 6. The molecule has 1 aromatic carbocycles. The number of alkyl halides is 3. The second-order valence-corrected chi connectivity index (χ2v) is 4.84. The summed E-state index contributed by atoms with van der Waals surface area (Å²) in [5.74, 6) is -0.981. The third-order valence-electron chi connectivity index (χ3n) is 3.01. The Labute approximate surface area is 135 Å². The van der Waals surface area contributed by atoms with Crippen LogP contribution < -0.4 is 5.32 Å². The Kier molecular flexibility index (Phi) is 5.62. The Morgan fingerprint density at radius 1 is 1.17 bits per heavy atom. The summed E-state index contributed by atoms with van der Waals surface area (Å²) in [6, 6.07) is 7.57. The lowest BCUT2D eigenvalue weighted by molar-refractivity contribution is -0.144. The smallest absolute Gasteiger partial charge is 0.416 e. The van der Waals surface area contributed by atoms with Crippen LogP contribution in [0.2, 0.25) is 0 Å². The standard InChI is InChI=1S/C16H14F3NO4/c17-16(18,19)12-4-1-3-11(9-12)10-24-14(21)6-7-20-15(22)13-5-2-8-23-13/h1-5,8-9H,6-7,10H2,(H,20,22). The number of amides is 1. The van der Waals surface area contributed by atoms with Crippen LogP contribution in [0.4, 0.5) is 13.2 Å². The number of nitrogens with one attached hydrogen (secondary N) is 1. The zero-order chi connectivity index (χ0) is 17.6. The first-order valence-corrected chi connectivity index (χ1v) is 7.00. The second kappa shape index (κ2) is 7.67. The molecule has 0 spiro atoms. The fraction of sp³-hybridized carbons (Fsp3) is 0.250. The molecule has 0 saturated heterocycles. The van der Waals surface area contributed by atoms with E-state index in [0.717, 1.165) is 12.1 Å². The molecule has 2 rings (SSSR count). The molecule has 5 nitrogen and oxygen atoms in total. The predicted molar refractivity (Wildman–Crippen MR) is 76.9 cm³/mol. The van der Waals surface area contributed by atoms with Crippen molar-refractivity contribution in [3.63, 3.8) is 0 Å². The van der Waals surface area contributed by atoms with Crippen molar-refractivity contribution in [2.24, 2.45) is 0 Å². The van der Waals surface area contributed by atoms with Gasteiger partial charge in [-0.05, 0) is 29.8 Å². The number of carbonyl (C=O) groups is 2. The van der Waals surface area contributed by atoms with Gasteiger partial charge in [-0.25, -0.2) is 0 Å². The van der Waals surface area contributed by atoms with E-state index in [9.17, 15) is 22.8 Å². The van der Waals surface area contributed by atoms with Gasteiger partial charge in [0.15, 0.2) is 5.76 Å². The summed E-state index contributed by atoms with van der Waals surface area (Å²) in [5, 5.41) is 2.46. The number of hydrogen-bond donors (Lipinski definition) is 1. The number of esters is 1. The number of hydrogen-bond acceptors (Lipinski definition) is 4. The Hall–Kier alpha value is -2.77. The molecule has 0 aliphatic carbocycles. The Bertz CT molecular complexity index is 696. The van der Waals surface area contributed by atoms with Crippen LogP contribution >= 0.6 is 0 Å². The summed E-state index contributed by atoms with van der Waals surface area (Å²) in [5.41, 5.74) is -0.570. The molecule has 0 unspecified atom stereocenters. The maximum Gasteiger partial charge on any atom is 0.416 e. The molecule has 2 aromatic rings. The van der Waals surface area contributed by atoms with Crippen LogP contribution in [0.15, 0.2) is 47.1 Å². The van der Waals surface area contributed by atoms with Crippen molar-refractivity contribution >= 4 is 11.9 Å². The molecule has 1 heterocycles. The predicted octanol–water partition coefficient (Wildman–Crippen LogP) is 3.16. The van der Waals surface area contributed by atoms with Crippen LogP contribution in [-0.4, -0.2) is 18.4 Å². The maximum absolute atomic E-state index is 12.6. The van der Waals surface area contributed by atoms with Gasteiger partial charge in [-0.3, -0.25) is 9.59 Å². The van der Waals surface area contributed by atoms with E-state index in [1.807, 2.05) is 0 Å². The lowest BCUT2D eigenvalue weighted by atomic mass is 10.1. The third kappa shape index (κ3) is 5.15. The van der Waals surface area contributed by atoms with E-state index in [1.54, 1.807) is 6.07 Å². The Morgan fingerprint density at radius 3 is 2.62 bits per heavy atom. The van der Waals surface area contributed by atoms with Gasteiger partial charge in [0.25, 0.3) is 5.91 Å². The molecule has 0 saturated carbocycles. The van der Waals surface area contributed by atoms with Gasteiger partial charge in [-0.15, -0.1) is 0 Å². The highest BCUT2D eigenvalue weighted by atomic mass is 19.4. The first kappa shape index (κ1) is 17.6. The highest BCUT2D eigenvalue weighted by Crippen LogP contribution is 2.29. The minimum absolute atomic E-state index is 0.0287. The van der Waals surface area contributed by atoms with E-state index in [1.165, 1.54) is 24.5 Å². The van der Waals surface area contributed by atoms with E-state index >= 15 is 0 Å². The molecule has 1 N–H and O–H groups in total. The lowest BCUT2D eigenvalue weighted by Crippen LogP contribution is -2.26. The molecular weight excluding hydrogens is 327 g/mol. The zero-order valence-electron chi connectivity index (χ0n) is 12.4. The number of furan rings is 1. The second-order valence-electron chi connectivity index (χ2n) is 4.84. The van der Waals surface area contributed by atoms with Crippen LogP contribution in [0.1, 0.15) is 28.1 Å². The van der Waals surface area contributed by atoms with E-state index in [2.05, 4.69) is 5.32 Å². The molecule has 0 aliphatic rings. The minimum atomic E-state index is -4.45. The van der Waals surface area contributed by atoms with Gasteiger partial charge in [-0.1, -0.05) is 12.1 Å². The zero-order valence-corrected chi connectivity index (χ0v) is 12.4. The molecule has 24 heavy (non-hydrogen) atoms. The number of benzene rings is 1. The average molecular weight is 341 g/mol. The minimum Gasteiger partial charge on any atom is -0.461 e. The first-order chi connectivity index (χ1) is 11.4. The van der Waals surface area contributed by atoms with Crippen LogP contribution in [0.25, 0.3) is 0 Å². The van der Waals surface area contributed by atoms with Gasteiger partial charge < -0.3 is 14.5 Å². The summed E-state index contributed by atoms with van der Waals surface area (Å²) >= 11 is 0. The highest BCUT2D eigenvalue weighted by molar-refractivity contribution is 5.91. The van der Waals surface area contributed by atoms with Crippen molar-refractivity contribution in [3.05, 3.63) is 59.5 Å². The van der Waals surface area contributed by atoms with Crippen LogP contribution in [0.5, 0.6) is 0 Å². The molecule has 1 amide bonds.